The third-order valence-electron chi connectivity index (χ3n) is 2.44. The van der Waals surface area contributed by atoms with Crippen LogP contribution in [0.4, 0.5) is 4.79 Å². The molecular weight excluding hydrogens is 280 g/mol. The molecule has 0 radical (unpaired) electrons. The van der Waals surface area contributed by atoms with Crippen LogP contribution in [0.15, 0.2) is 0 Å². The first-order valence-electron chi connectivity index (χ1n) is 6.65. The summed E-state index contributed by atoms with van der Waals surface area (Å²) in [4.78, 5) is 33.6. The largest absolute Gasteiger partial charge is 0.352 e. The Hall–Kier alpha value is -1.28. The van der Waals surface area contributed by atoms with Gasteiger partial charge >= 0.3 is 6.03 Å². The second-order valence-electron chi connectivity index (χ2n) is 4.33. The summed E-state index contributed by atoms with van der Waals surface area (Å²) in [6, 6.07) is -1.11. The van der Waals surface area contributed by atoms with Gasteiger partial charge < -0.3 is 16.4 Å². The number of nitrogens with two attached hydrogens (primary N) is 1. The Bertz CT molecular complexity index is 326. The van der Waals surface area contributed by atoms with Gasteiger partial charge in [0.1, 0.15) is 0 Å². The fourth-order valence-corrected chi connectivity index (χ4v) is 2.01. The van der Waals surface area contributed by atoms with Crippen molar-refractivity contribution < 1.29 is 14.4 Å². The molecule has 8 heteroatoms. The second kappa shape index (κ2) is 11.5. The van der Waals surface area contributed by atoms with E-state index in [1.165, 1.54) is 18.9 Å². The normalized spacial score (nSPS) is 11.7. The van der Waals surface area contributed by atoms with Gasteiger partial charge in [-0.05, 0) is 26.2 Å². The van der Waals surface area contributed by atoms with E-state index in [4.69, 9.17) is 5.73 Å². The molecular formula is C12H24N4O3S. The maximum Gasteiger partial charge on any atom is 0.312 e. The standard InChI is InChI=1S/C12H24N4O3S/c1-3-7-20-15-8-11(18)16-10(9(2)17)5-4-6-14-12(13)19/h10,15H,3-8H2,1-2H3,(H,16,18)(H3,13,14,19). The highest BCUT2D eigenvalue weighted by Crippen LogP contribution is 1.99. The molecule has 0 aliphatic heterocycles. The topological polar surface area (TPSA) is 113 Å². The number of nitrogens with one attached hydrogen (secondary N) is 3. The third kappa shape index (κ3) is 10.6. The first-order valence-corrected chi connectivity index (χ1v) is 7.63. The molecule has 20 heavy (non-hydrogen) atoms. The molecule has 116 valence electrons. The highest BCUT2D eigenvalue weighted by molar-refractivity contribution is 7.97. The highest BCUT2D eigenvalue weighted by atomic mass is 32.2. The van der Waals surface area contributed by atoms with Gasteiger partial charge in [-0.25, -0.2) is 4.79 Å². The zero-order valence-electron chi connectivity index (χ0n) is 12.0. The number of Topliss-reactive ketones (excluding diaryl/α,β-unsaturated/α-hetero) is 1. The van der Waals surface area contributed by atoms with Crippen LogP contribution in [0.1, 0.15) is 33.1 Å². The van der Waals surface area contributed by atoms with Crippen molar-refractivity contribution in [3.8, 4) is 0 Å². The lowest BCUT2D eigenvalue weighted by Gasteiger charge is -2.16. The molecule has 0 aromatic rings. The van der Waals surface area contributed by atoms with Gasteiger partial charge in [-0.2, -0.15) is 0 Å². The fraction of sp³-hybridized carbons (Fsp3) is 0.750. The Labute approximate surface area is 123 Å². The van der Waals surface area contributed by atoms with Crippen LogP contribution in [0.25, 0.3) is 0 Å². The number of rotatable bonds is 11. The van der Waals surface area contributed by atoms with E-state index < -0.39 is 12.1 Å². The van der Waals surface area contributed by atoms with Crippen molar-refractivity contribution in [3.05, 3.63) is 0 Å². The van der Waals surface area contributed by atoms with E-state index in [0.29, 0.717) is 19.4 Å². The van der Waals surface area contributed by atoms with E-state index in [2.05, 4.69) is 22.3 Å². The van der Waals surface area contributed by atoms with Crippen molar-refractivity contribution in [3.63, 3.8) is 0 Å². The predicted octanol–water partition coefficient (Wildman–Crippen LogP) is 0.157. The number of hydrogen-bond donors (Lipinski definition) is 4. The minimum Gasteiger partial charge on any atom is -0.352 e. The molecule has 0 spiro atoms. The maximum absolute atomic E-state index is 11.6. The van der Waals surface area contributed by atoms with E-state index in [0.717, 1.165) is 12.2 Å². The zero-order valence-corrected chi connectivity index (χ0v) is 12.8. The van der Waals surface area contributed by atoms with Crippen LogP contribution in [0.3, 0.4) is 0 Å². The molecule has 0 fully saturated rings. The lowest BCUT2D eigenvalue weighted by Crippen LogP contribution is -2.43. The van der Waals surface area contributed by atoms with Crippen LogP contribution in [-0.4, -0.2) is 42.6 Å². The Balaban J connectivity index is 3.91. The lowest BCUT2D eigenvalue weighted by molar-refractivity contribution is -0.126. The fourth-order valence-electron chi connectivity index (χ4n) is 1.43. The van der Waals surface area contributed by atoms with Gasteiger partial charge in [0, 0.05) is 12.3 Å². The monoisotopic (exact) mass is 304 g/mol. The summed E-state index contributed by atoms with van der Waals surface area (Å²) < 4.78 is 2.93. The van der Waals surface area contributed by atoms with Gasteiger partial charge in [0.25, 0.3) is 0 Å². The summed E-state index contributed by atoms with van der Waals surface area (Å²) in [7, 11) is 0. The average molecular weight is 304 g/mol. The molecule has 7 nitrogen and oxygen atoms in total. The van der Waals surface area contributed by atoms with Gasteiger partial charge in [-0.3, -0.25) is 14.3 Å². The molecule has 0 bridgehead atoms. The average Bonchev–Trinajstić information content (AvgIpc) is 2.37. The van der Waals surface area contributed by atoms with E-state index >= 15 is 0 Å². The summed E-state index contributed by atoms with van der Waals surface area (Å²) in [6.07, 6.45) is 2.08. The first kappa shape index (κ1) is 18.7. The quantitative estimate of drug-likeness (QED) is 0.321. The Morgan fingerprint density at radius 1 is 1.30 bits per heavy atom. The van der Waals surface area contributed by atoms with Gasteiger partial charge in [0.2, 0.25) is 5.91 Å². The van der Waals surface area contributed by atoms with Crippen LogP contribution in [0.5, 0.6) is 0 Å². The van der Waals surface area contributed by atoms with Crippen LogP contribution in [0, 0.1) is 0 Å². The minimum absolute atomic E-state index is 0.0985. The predicted molar refractivity (Wildman–Crippen MR) is 80.2 cm³/mol. The van der Waals surface area contributed by atoms with Crippen LogP contribution in [-0.2, 0) is 9.59 Å². The SMILES string of the molecule is CCCSNCC(=O)NC(CCCNC(N)=O)C(C)=O. The Kier molecular flexibility index (Phi) is 10.8. The minimum atomic E-state index is -0.592. The van der Waals surface area contributed by atoms with Crippen LogP contribution >= 0.6 is 11.9 Å². The molecule has 0 saturated heterocycles. The van der Waals surface area contributed by atoms with Gasteiger partial charge in [0.05, 0.1) is 12.6 Å². The zero-order chi connectivity index (χ0) is 15.4. The summed E-state index contributed by atoms with van der Waals surface area (Å²) in [5.41, 5.74) is 4.93. The van der Waals surface area contributed by atoms with Gasteiger partial charge in [-0.15, -0.1) is 0 Å². The highest BCUT2D eigenvalue weighted by Gasteiger charge is 2.16. The van der Waals surface area contributed by atoms with Crippen molar-refractivity contribution in [2.45, 2.75) is 39.2 Å². The number of hydrogen-bond acceptors (Lipinski definition) is 5. The maximum atomic E-state index is 11.6. The second-order valence-corrected chi connectivity index (χ2v) is 5.32. The third-order valence-corrected chi connectivity index (χ3v) is 3.40. The van der Waals surface area contributed by atoms with Crippen molar-refractivity contribution in [2.75, 3.05) is 18.8 Å². The molecule has 0 heterocycles. The van der Waals surface area contributed by atoms with E-state index in [1.807, 2.05) is 0 Å². The number of amides is 3. The molecule has 1 unspecified atom stereocenters. The smallest absolute Gasteiger partial charge is 0.312 e. The molecule has 0 aromatic heterocycles. The Morgan fingerprint density at radius 3 is 2.55 bits per heavy atom. The van der Waals surface area contributed by atoms with Gasteiger partial charge in [0.15, 0.2) is 5.78 Å². The molecule has 0 aliphatic rings. The molecule has 3 amide bonds. The van der Waals surface area contributed by atoms with Crippen LogP contribution in [0.2, 0.25) is 0 Å². The first-order chi connectivity index (χ1) is 9.47. The number of ketones is 1. The lowest BCUT2D eigenvalue weighted by atomic mass is 10.1. The summed E-state index contributed by atoms with van der Waals surface area (Å²) >= 11 is 1.48. The molecule has 0 saturated carbocycles. The number of primary amides is 1. The van der Waals surface area contributed by atoms with Gasteiger partial charge in [-0.1, -0.05) is 18.9 Å². The van der Waals surface area contributed by atoms with Crippen molar-refractivity contribution in [2.24, 2.45) is 5.73 Å². The summed E-state index contributed by atoms with van der Waals surface area (Å²) in [5.74, 6) is 0.623. The number of carbonyl (C=O) groups excluding carboxylic acids is 3. The number of carbonyl (C=O) groups is 3. The van der Waals surface area contributed by atoms with Crippen LogP contribution < -0.4 is 21.1 Å². The number of urea groups is 1. The van der Waals surface area contributed by atoms with Crippen molar-refractivity contribution in [1.29, 1.82) is 0 Å². The van der Waals surface area contributed by atoms with E-state index in [9.17, 15) is 14.4 Å². The summed E-state index contributed by atoms with van der Waals surface area (Å²) in [6.45, 7) is 4.06. The van der Waals surface area contributed by atoms with Crippen molar-refractivity contribution >= 4 is 29.7 Å². The van der Waals surface area contributed by atoms with E-state index in [1.54, 1.807) is 0 Å². The molecule has 5 N–H and O–H groups in total. The Morgan fingerprint density at radius 2 is 2.00 bits per heavy atom. The van der Waals surface area contributed by atoms with E-state index in [-0.39, 0.29) is 18.2 Å². The molecule has 0 aromatic carbocycles. The molecule has 0 aliphatic carbocycles. The molecule has 1 atom stereocenters. The summed E-state index contributed by atoms with van der Waals surface area (Å²) in [5, 5.41) is 5.11. The molecule has 0 rings (SSSR count). The van der Waals surface area contributed by atoms with Crippen molar-refractivity contribution in [1.82, 2.24) is 15.4 Å².